The van der Waals surface area contributed by atoms with Crippen LogP contribution in [0.2, 0.25) is 0 Å². The topological polar surface area (TPSA) is 37.4 Å². The van der Waals surface area contributed by atoms with Gasteiger partial charge in [-0.05, 0) is 43.0 Å². The van der Waals surface area contributed by atoms with Crippen LogP contribution in [0.3, 0.4) is 0 Å². The molecule has 0 aliphatic carbocycles. The summed E-state index contributed by atoms with van der Waals surface area (Å²) in [5.41, 5.74) is 2.18. The number of rotatable bonds is 1. The Balaban J connectivity index is 2.49. The number of hydrogen-bond acceptors (Lipinski definition) is 3. The average molecular weight is 260 g/mol. The lowest BCUT2D eigenvalue weighted by atomic mass is 10.1. The van der Waals surface area contributed by atoms with Gasteiger partial charge in [0, 0.05) is 30.0 Å². The van der Waals surface area contributed by atoms with Crippen molar-refractivity contribution in [3.8, 4) is 0 Å². The number of fused-ring (bicyclic) bond motifs is 1. The number of aryl methyl sites for hydroxylation is 1. The summed E-state index contributed by atoms with van der Waals surface area (Å²) in [4.78, 5) is 2.36. The van der Waals surface area contributed by atoms with Crippen molar-refractivity contribution in [2.45, 2.75) is 24.2 Å². The predicted octanol–water partition coefficient (Wildman–Crippen LogP) is 2.39. The van der Waals surface area contributed by atoms with Crippen molar-refractivity contribution in [2.75, 3.05) is 18.5 Å². The minimum absolute atomic E-state index is 0.197. The molecule has 1 aliphatic rings. The highest BCUT2D eigenvalue weighted by Crippen LogP contribution is 2.28. The second-order valence-corrected chi connectivity index (χ2v) is 6.67. The summed E-state index contributed by atoms with van der Waals surface area (Å²) in [6.45, 7) is 1.01. The molecule has 88 valence electrons. The first kappa shape index (κ1) is 11.7. The van der Waals surface area contributed by atoms with Crippen LogP contribution in [0.1, 0.15) is 18.4 Å². The standard InChI is InChI=1S/C11H14ClNO2S/c1-13-7-3-2-4-9-8-10(16(12,14)15)5-6-11(9)13/h5-6,8H,2-4,7H2,1H3. The van der Waals surface area contributed by atoms with E-state index in [0.717, 1.165) is 37.1 Å². The number of anilines is 1. The normalized spacial score (nSPS) is 16.8. The quantitative estimate of drug-likeness (QED) is 0.727. The lowest BCUT2D eigenvalue weighted by Crippen LogP contribution is -2.17. The lowest BCUT2D eigenvalue weighted by molar-refractivity contribution is 0.609. The monoisotopic (exact) mass is 259 g/mol. The van der Waals surface area contributed by atoms with Crippen molar-refractivity contribution < 1.29 is 8.42 Å². The molecule has 0 aromatic heterocycles. The van der Waals surface area contributed by atoms with Crippen LogP contribution in [0.5, 0.6) is 0 Å². The van der Waals surface area contributed by atoms with Crippen LogP contribution >= 0.6 is 10.7 Å². The molecule has 1 aromatic rings. The Hall–Kier alpha value is -0.740. The van der Waals surface area contributed by atoms with Crippen molar-refractivity contribution in [1.82, 2.24) is 0 Å². The van der Waals surface area contributed by atoms with Gasteiger partial charge in [-0.3, -0.25) is 0 Å². The molecule has 3 nitrogen and oxygen atoms in total. The molecule has 1 aromatic carbocycles. The maximum absolute atomic E-state index is 11.2. The van der Waals surface area contributed by atoms with E-state index >= 15 is 0 Å². The average Bonchev–Trinajstić information content (AvgIpc) is 2.39. The molecule has 0 amide bonds. The van der Waals surface area contributed by atoms with Gasteiger partial charge < -0.3 is 4.90 Å². The summed E-state index contributed by atoms with van der Waals surface area (Å²) in [5.74, 6) is 0. The minimum Gasteiger partial charge on any atom is -0.374 e. The van der Waals surface area contributed by atoms with Crippen molar-refractivity contribution in [2.24, 2.45) is 0 Å². The zero-order valence-corrected chi connectivity index (χ0v) is 10.7. The molecule has 0 saturated heterocycles. The third-order valence-corrected chi connectivity index (χ3v) is 4.28. The van der Waals surface area contributed by atoms with Crippen molar-refractivity contribution in [1.29, 1.82) is 0 Å². The lowest BCUT2D eigenvalue weighted by Gasteiger charge is -2.19. The summed E-state index contributed by atoms with van der Waals surface area (Å²) in [6, 6.07) is 5.11. The Labute approximate surface area is 100 Å². The molecule has 5 heteroatoms. The van der Waals surface area contributed by atoms with Crippen LogP contribution in [0.15, 0.2) is 23.1 Å². The molecule has 0 saturated carbocycles. The van der Waals surface area contributed by atoms with Crippen LogP contribution < -0.4 is 4.90 Å². The molecular weight excluding hydrogens is 246 g/mol. The molecular formula is C11H14ClNO2S. The highest BCUT2D eigenvalue weighted by molar-refractivity contribution is 8.13. The number of hydrogen-bond donors (Lipinski definition) is 0. The van der Waals surface area contributed by atoms with Gasteiger partial charge in [-0.25, -0.2) is 8.42 Å². The van der Waals surface area contributed by atoms with Crippen molar-refractivity contribution in [3.63, 3.8) is 0 Å². The summed E-state index contributed by atoms with van der Waals surface area (Å²) in [5, 5.41) is 0. The zero-order chi connectivity index (χ0) is 11.8. The Morgan fingerprint density at radius 2 is 2.06 bits per heavy atom. The third kappa shape index (κ3) is 2.33. The Morgan fingerprint density at radius 3 is 2.75 bits per heavy atom. The van der Waals surface area contributed by atoms with Gasteiger partial charge in [0.1, 0.15) is 0 Å². The first-order valence-electron chi connectivity index (χ1n) is 5.27. The molecule has 2 rings (SSSR count). The highest BCUT2D eigenvalue weighted by Gasteiger charge is 2.16. The fraction of sp³-hybridized carbons (Fsp3) is 0.455. The smallest absolute Gasteiger partial charge is 0.261 e. The zero-order valence-electron chi connectivity index (χ0n) is 9.11. The van der Waals surface area contributed by atoms with Gasteiger partial charge in [0.25, 0.3) is 9.05 Å². The predicted molar refractivity (Wildman–Crippen MR) is 65.7 cm³/mol. The van der Waals surface area contributed by atoms with E-state index in [1.807, 2.05) is 13.1 Å². The molecule has 0 fully saturated rings. The van der Waals surface area contributed by atoms with Crippen molar-refractivity contribution >= 4 is 25.4 Å². The van der Waals surface area contributed by atoms with E-state index < -0.39 is 9.05 Å². The van der Waals surface area contributed by atoms with Gasteiger partial charge in [0.2, 0.25) is 0 Å². The molecule has 0 radical (unpaired) electrons. The van der Waals surface area contributed by atoms with E-state index in [-0.39, 0.29) is 4.90 Å². The molecule has 1 aliphatic heterocycles. The molecule has 0 N–H and O–H groups in total. The third-order valence-electron chi connectivity index (χ3n) is 2.93. The molecule has 0 atom stereocenters. The van der Waals surface area contributed by atoms with E-state index in [4.69, 9.17) is 10.7 Å². The summed E-state index contributed by atoms with van der Waals surface area (Å²) in [6.07, 6.45) is 3.14. The second kappa shape index (κ2) is 4.26. The SMILES string of the molecule is CN1CCCCc2cc(S(=O)(=O)Cl)ccc21. The molecule has 1 heterocycles. The Kier molecular flexibility index (Phi) is 3.13. The van der Waals surface area contributed by atoms with E-state index in [1.165, 1.54) is 0 Å². The molecule has 16 heavy (non-hydrogen) atoms. The molecule has 0 bridgehead atoms. The fourth-order valence-corrected chi connectivity index (χ4v) is 2.87. The van der Waals surface area contributed by atoms with Crippen LogP contribution in [-0.2, 0) is 15.5 Å². The number of benzene rings is 1. The first-order valence-corrected chi connectivity index (χ1v) is 7.58. The summed E-state index contributed by atoms with van der Waals surface area (Å²) < 4.78 is 22.5. The molecule has 0 spiro atoms. The van der Waals surface area contributed by atoms with Gasteiger partial charge in [-0.15, -0.1) is 0 Å². The Bertz CT molecular complexity index is 499. The van der Waals surface area contributed by atoms with E-state index in [0.29, 0.717) is 0 Å². The second-order valence-electron chi connectivity index (χ2n) is 4.11. The molecule has 0 unspecified atom stereocenters. The summed E-state index contributed by atoms with van der Waals surface area (Å²) in [7, 11) is 3.75. The van der Waals surface area contributed by atoms with Gasteiger partial charge in [0.15, 0.2) is 0 Å². The van der Waals surface area contributed by atoms with E-state index in [9.17, 15) is 8.42 Å². The number of nitrogens with zero attached hydrogens (tertiary/aromatic N) is 1. The first-order chi connectivity index (χ1) is 7.48. The van der Waals surface area contributed by atoms with Gasteiger partial charge in [0.05, 0.1) is 4.90 Å². The minimum atomic E-state index is -3.61. The van der Waals surface area contributed by atoms with Crippen LogP contribution in [0.25, 0.3) is 0 Å². The van der Waals surface area contributed by atoms with Crippen molar-refractivity contribution in [3.05, 3.63) is 23.8 Å². The van der Waals surface area contributed by atoms with Gasteiger partial charge in [-0.2, -0.15) is 0 Å². The largest absolute Gasteiger partial charge is 0.374 e. The van der Waals surface area contributed by atoms with Crippen LogP contribution in [-0.4, -0.2) is 22.0 Å². The summed E-state index contributed by atoms with van der Waals surface area (Å²) >= 11 is 0. The van der Waals surface area contributed by atoms with Crippen LogP contribution in [0.4, 0.5) is 5.69 Å². The highest BCUT2D eigenvalue weighted by atomic mass is 35.7. The van der Waals surface area contributed by atoms with Gasteiger partial charge >= 0.3 is 0 Å². The van der Waals surface area contributed by atoms with Gasteiger partial charge in [-0.1, -0.05) is 0 Å². The maximum atomic E-state index is 11.2. The van der Waals surface area contributed by atoms with E-state index in [1.54, 1.807) is 12.1 Å². The fourth-order valence-electron chi connectivity index (χ4n) is 2.07. The Morgan fingerprint density at radius 1 is 1.31 bits per heavy atom. The van der Waals surface area contributed by atoms with Crippen LogP contribution in [0, 0.1) is 0 Å². The number of halogens is 1. The van der Waals surface area contributed by atoms with E-state index in [2.05, 4.69) is 4.90 Å². The maximum Gasteiger partial charge on any atom is 0.261 e.